The molecule has 0 fully saturated rings. The molecule has 0 spiro atoms. The highest BCUT2D eigenvalue weighted by atomic mass is 127. The van der Waals surface area contributed by atoms with Crippen molar-refractivity contribution in [3.05, 3.63) is 57.2 Å². The molecule has 0 aromatic heterocycles. The van der Waals surface area contributed by atoms with E-state index in [0.29, 0.717) is 22.6 Å². The monoisotopic (exact) mass is 368 g/mol. The summed E-state index contributed by atoms with van der Waals surface area (Å²) in [6.07, 6.45) is 0. The van der Waals surface area contributed by atoms with E-state index >= 15 is 0 Å². The van der Waals surface area contributed by atoms with Crippen molar-refractivity contribution in [3.8, 4) is 11.5 Å². The van der Waals surface area contributed by atoms with E-state index in [1.165, 1.54) is 0 Å². The number of ketones is 1. The normalized spacial score (nSPS) is 10.1. The maximum absolute atomic E-state index is 12.4. The molecule has 98 valence electrons. The van der Waals surface area contributed by atoms with E-state index in [9.17, 15) is 4.79 Å². The first-order valence-corrected chi connectivity index (χ1v) is 6.77. The van der Waals surface area contributed by atoms with Crippen LogP contribution < -0.4 is 9.47 Å². The third kappa shape index (κ3) is 2.73. The van der Waals surface area contributed by atoms with Crippen LogP contribution in [0.5, 0.6) is 11.5 Å². The highest BCUT2D eigenvalue weighted by molar-refractivity contribution is 14.1. The lowest BCUT2D eigenvalue weighted by atomic mass is 10.0. The maximum Gasteiger partial charge on any atom is 0.194 e. The second-order valence-electron chi connectivity index (χ2n) is 3.86. The van der Waals surface area contributed by atoms with E-state index in [0.717, 1.165) is 3.57 Å². The first kappa shape index (κ1) is 13.9. The topological polar surface area (TPSA) is 35.5 Å². The zero-order chi connectivity index (χ0) is 13.8. The van der Waals surface area contributed by atoms with Gasteiger partial charge in [-0.15, -0.1) is 0 Å². The van der Waals surface area contributed by atoms with Crippen LogP contribution >= 0.6 is 22.6 Å². The molecule has 0 aliphatic carbocycles. The second kappa shape index (κ2) is 6.06. The Morgan fingerprint density at radius 3 is 2.26 bits per heavy atom. The molecule has 4 heteroatoms. The number of hydrogen-bond donors (Lipinski definition) is 0. The summed E-state index contributed by atoms with van der Waals surface area (Å²) < 4.78 is 11.3. The average Bonchev–Trinajstić information content (AvgIpc) is 2.47. The molecule has 0 amide bonds. The van der Waals surface area contributed by atoms with Crippen molar-refractivity contribution in [2.24, 2.45) is 0 Å². The summed E-state index contributed by atoms with van der Waals surface area (Å²) in [5.41, 5.74) is 1.28. The lowest BCUT2D eigenvalue weighted by Gasteiger charge is -2.12. The van der Waals surface area contributed by atoms with Crippen LogP contribution in [0.25, 0.3) is 0 Å². The van der Waals surface area contributed by atoms with Gasteiger partial charge < -0.3 is 9.47 Å². The van der Waals surface area contributed by atoms with E-state index < -0.39 is 0 Å². The Bertz CT molecular complexity index is 594. The lowest BCUT2D eigenvalue weighted by molar-refractivity contribution is 0.103. The van der Waals surface area contributed by atoms with Gasteiger partial charge in [0.1, 0.15) is 0 Å². The minimum Gasteiger partial charge on any atom is -0.493 e. The predicted molar refractivity (Wildman–Crippen MR) is 82.1 cm³/mol. The first-order chi connectivity index (χ1) is 9.19. The SMILES string of the molecule is COc1ccc(C(=O)c2ccccc2)c(I)c1OC. The Balaban J connectivity index is 2.49. The van der Waals surface area contributed by atoms with E-state index in [-0.39, 0.29) is 5.78 Å². The number of rotatable bonds is 4. The summed E-state index contributed by atoms with van der Waals surface area (Å²) in [7, 11) is 3.14. The predicted octanol–water partition coefficient (Wildman–Crippen LogP) is 3.54. The van der Waals surface area contributed by atoms with Gasteiger partial charge in [0.05, 0.1) is 17.8 Å². The quantitative estimate of drug-likeness (QED) is 0.612. The minimum absolute atomic E-state index is 0.0223. The summed E-state index contributed by atoms with van der Waals surface area (Å²) >= 11 is 2.11. The number of carbonyl (C=O) groups is 1. The summed E-state index contributed by atoms with van der Waals surface area (Å²) in [6, 6.07) is 12.7. The molecular formula is C15H13IO3. The Morgan fingerprint density at radius 1 is 1.00 bits per heavy atom. The largest absolute Gasteiger partial charge is 0.493 e. The molecule has 0 radical (unpaired) electrons. The number of halogens is 1. The second-order valence-corrected chi connectivity index (χ2v) is 4.94. The molecule has 3 nitrogen and oxygen atoms in total. The molecule has 0 atom stereocenters. The van der Waals surface area contributed by atoms with Gasteiger partial charge in [-0.3, -0.25) is 4.79 Å². The van der Waals surface area contributed by atoms with Crippen molar-refractivity contribution in [1.82, 2.24) is 0 Å². The van der Waals surface area contributed by atoms with Crippen LogP contribution in [-0.2, 0) is 0 Å². The third-order valence-electron chi connectivity index (χ3n) is 2.77. The van der Waals surface area contributed by atoms with Crippen LogP contribution in [0.2, 0.25) is 0 Å². The van der Waals surface area contributed by atoms with Gasteiger partial charge in [0.2, 0.25) is 0 Å². The average molecular weight is 368 g/mol. The smallest absolute Gasteiger partial charge is 0.194 e. The summed E-state index contributed by atoms with van der Waals surface area (Å²) in [5, 5.41) is 0. The van der Waals surface area contributed by atoms with Gasteiger partial charge >= 0.3 is 0 Å². The van der Waals surface area contributed by atoms with Crippen LogP contribution in [0.4, 0.5) is 0 Å². The summed E-state index contributed by atoms with van der Waals surface area (Å²) in [6.45, 7) is 0. The Kier molecular flexibility index (Phi) is 4.42. The minimum atomic E-state index is -0.0223. The zero-order valence-corrected chi connectivity index (χ0v) is 12.8. The van der Waals surface area contributed by atoms with Crippen LogP contribution in [0.1, 0.15) is 15.9 Å². The third-order valence-corrected chi connectivity index (χ3v) is 3.84. The fraction of sp³-hybridized carbons (Fsp3) is 0.133. The van der Waals surface area contributed by atoms with Crippen molar-refractivity contribution < 1.29 is 14.3 Å². The Labute approximate surface area is 125 Å². The Morgan fingerprint density at radius 2 is 1.68 bits per heavy atom. The number of carbonyl (C=O) groups excluding carboxylic acids is 1. The van der Waals surface area contributed by atoms with Gasteiger partial charge in [-0.2, -0.15) is 0 Å². The highest BCUT2D eigenvalue weighted by Gasteiger charge is 2.18. The molecule has 0 aliphatic heterocycles. The molecule has 0 saturated carbocycles. The van der Waals surface area contributed by atoms with Gasteiger partial charge in [-0.1, -0.05) is 30.3 Å². The van der Waals surface area contributed by atoms with Gasteiger partial charge in [-0.25, -0.2) is 0 Å². The molecule has 0 bridgehead atoms. The van der Waals surface area contributed by atoms with Crippen LogP contribution in [0.3, 0.4) is 0 Å². The van der Waals surface area contributed by atoms with Crippen molar-refractivity contribution >= 4 is 28.4 Å². The molecule has 2 rings (SSSR count). The van der Waals surface area contributed by atoms with Gasteiger partial charge in [0.25, 0.3) is 0 Å². The van der Waals surface area contributed by atoms with Gasteiger partial charge in [0, 0.05) is 11.1 Å². The molecule has 2 aromatic rings. The highest BCUT2D eigenvalue weighted by Crippen LogP contribution is 2.35. The van der Waals surface area contributed by atoms with Gasteiger partial charge in [-0.05, 0) is 34.7 Å². The molecule has 0 N–H and O–H groups in total. The zero-order valence-electron chi connectivity index (χ0n) is 10.6. The molecule has 0 aliphatic rings. The number of methoxy groups -OCH3 is 2. The number of hydrogen-bond acceptors (Lipinski definition) is 3. The fourth-order valence-electron chi connectivity index (χ4n) is 1.81. The molecular weight excluding hydrogens is 355 g/mol. The van der Waals surface area contributed by atoms with E-state index in [4.69, 9.17) is 9.47 Å². The Hall–Kier alpha value is -1.56. The first-order valence-electron chi connectivity index (χ1n) is 5.69. The summed E-state index contributed by atoms with van der Waals surface area (Å²) in [5.74, 6) is 1.19. The maximum atomic E-state index is 12.4. The van der Waals surface area contributed by atoms with Crippen LogP contribution in [0.15, 0.2) is 42.5 Å². The fourth-order valence-corrected chi connectivity index (χ4v) is 2.72. The molecule has 0 heterocycles. The van der Waals surface area contributed by atoms with Crippen LogP contribution in [0, 0.1) is 3.57 Å². The van der Waals surface area contributed by atoms with Crippen molar-refractivity contribution in [2.45, 2.75) is 0 Å². The van der Waals surface area contributed by atoms with Crippen LogP contribution in [-0.4, -0.2) is 20.0 Å². The van der Waals surface area contributed by atoms with E-state index in [2.05, 4.69) is 22.6 Å². The molecule has 0 saturated heterocycles. The molecule has 2 aromatic carbocycles. The van der Waals surface area contributed by atoms with E-state index in [1.807, 2.05) is 18.2 Å². The number of ether oxygens (including phenoxy) is 2. The van der Waals surface area contributed by atoms with Crippen molar-refractivity contribution in [3.63, 3.8) is 0 Å². The summed E-state index contributed by atoms with van der Waals surface area (Å²) in [4.78, 5) is 12.4. The van der Waals surface area contributed by atoms with Crippen molar-refractivity contribution in [1.29, 1.82) is 0 Å². The lowest BCUT2D eigenvalue weighted by Crippen LogP contribution is -2.05. The standard InChI is InChI=1S/C15H13IO3/c1-18-12-9-8-11(13(16)15(12)19-2)14(17)10-6-4-3-5-7-10/h3-9H,1-2H3. The van der Waals surface area contributed by atoms with Crippen molar-refractivity contribution in [2.75, 3.05) is 14.2 Å². The van der Waals surface area contributed by atoms with Gasteiger partial charge in [0.15, 0.2) is 17.3 Å². The van der Waals surface area contributed by atoms with E-state index in [1.54, 1.807) is 38.5 Å². The number of benzene rings is 2. The molecule has 19 heavy (non-hydrogen) atoms. The molecule has 0 unspecified atom stereocenters.